The van der Waals surface area contributed by atoms with Gasteiger partial charge in [-0.05, 0) is 38.0 Å². The third kappa shape index (κ3) is 2.27. The van der Waals surface area contributed by atoms with Crippen molar-refractivity contribution in [2.75, 3.05) is 19.7 Å². The molecule has 0 amide bonds. The third-order valence-corrected chi connectivity index (χ3v) is 4.63. The molecule has 3 nitrogen and oxygen atoms in total. The van der Waals surface area contributed by atoms with Crippen molar-refractivity contribution in [1.29, 1.82) is 0 Å². The van der Waals surface area contributed by atoms with E-state index in [1.54, 1.807) is 0 Å². The predicted octanol–water partition coefficient (Wildman–Crippen LogP) is 0.974. The van der Waals surface area contributed by atoms with E-state index < -0.39 is 0 Å². The maximum Gasteiger partial charge on any atom is 0.0474 e. The molecule has 16 heavy (non-hydrogen) atoms. The Morgan fingerprint density at radius 2 is 2.00 bits per heavy atom. The zero-order valence-corrected chi connectivity index (χ0v) is 10.1. The van der Waals surface area contributed by atoms with Gasteiger partial charge in [-0.15, -0.1) is 0 Å². The first-order chi connectivity index (χ1) is 7.86. The Bertz CT molecular complexity index is 242. The number of aliphatic hydroxyl groups excluding tert-OH is 1. The molecule has 0 aromatic heterocycles. The van der Waals surface area contributed by atoms with Gasteiger partial charge in [-0.3, -0.25) is 4.90 Å². The fourth-order valence-corrected chi connectivity index (χ4v) is 3.47. The summed E-state index contributed by atoms with van der Waals surface area (Å²) in [6, 6.07) is 2.20. The number of aliphatic hydroxyl groups is 1. The van der Waals surface area contributed by atoms with Gasteiger partial charge in [-0.25, -0.2) is 0 Å². The molecule has 3 rings (SSSR count). The van der Waals surface area contributed by atoms with Crippen molar-refractivity contribution >= 4 is 0 Å². The van der Waals surface area contributed by atoms with Crippen molar-refractivity contribution in [3.05, 3.63) is 0 Å². The fraction of sp³-hybridized carbons (Fsp3) is 1.00. The SMILES string of the molecule is OCC1CCCC1NC1CCN(C2CC2)C1. The maximum atomic E-state index is 9.31. The zero-order chi connectivity index (χ0) is 11.0. The van der Waals surface area contributed by atoms with E-state index in [4.69, 9.17) is 0 Å². The average molecular weight is 224 g/mol. The van der Waals surface area contributed by atoms with E-state index in [0.717, 1.165) is 6.04 Å². The Balaban J connectivity index is 1.47. The van der Waals surface area contributed by atoms with Crippen LogP contribution in [-0.4, -0.2) is 47.8 Å². The van der Waals surface area contributed by atoms with Crippen LogP contribution in [-0.2, 0) is 0 Å². The van der Waals surface area contributed by atoms with Crippen LogP contribution in [0.4, 0.5) is 0 Å². The number of hydrogen-bond acceptors (Lipinski definition) is 3. The van der Waals surface area contributed by atoms with Crippen LogP contribution in [0, 0.1) is 5.92 Å². The van der Waals surface area contributed by atoms with Gasteiger partial charge in [0, 0.05) is 37.8 Å². The topological polar surface area (TPSA) is 35.5 Å². The molecule has 0 bridgehead atoms. The average Bonchev–Trinajstić information content (AvgIpc) is 2.88. The van der Waals surface area contributed by atoms with Gasteiger partial charge in [-0.2, -0.15) is 0 Å². The zero-order valence-electron chi connectivity index (χ0n) is 10.1. The summed E-state index contributed by atoms with van der Waals surface area (Å²) >= 11 is 0. The second-order valence-corrected chi connectivity index (χ2v) is 5.86. The molecule has 1 heterocycles. The molecular formula is C13H24N2O. The molecule has 3 heteroatoms. The lowest BCUT2D eigenvalue weighted by molar-refractivity contribution is 0.198. The molecule has 3 atom stereocenters. The summed E-state index contributed by atoms with van der Waals surface area (Å²) in [5, 5.41) is 13.1. The van der Waals surface area contributed by atoms with Gasteiger partial charge >= 0.3 is 0 Å². The Kier molecular flexibility index (Phi) is 3.18. The molecule has 3 fully saturated rings. The number of nitrogens with zero attached hydrogens (tertiary/aromatic N) is 1. The Morgan fingerprint density at radius 1 is 1.12 bits per heavy atom. The van der Waals surface area contributed by atoms with Crippen LogP contribution in [0.25, 0.3) is 0 Å². The van der Waals surface area contributed by atoms with Crippen LogP contribution < -0.4 is 5.32 Å². The summed E-state index contributed by atoms with van der Waals surface area (Å²) < 4.78 is 0. The van der Waals surface area contributed by atoms with Crippen LogP contribution in [0.1, 0.15) is 38.5 Å². The fourth-order valence-electron chi connectivity index (χ4n) is 3.47. The smallest absolute Gasteiger partial charge is 0.0474 e. The number of hydrogen-bond donors (Lipinski definition) is 2. The van der Waals surface area contributed by atoms with Gasteiger partial charge in [-0.1, -0.05) is 6.42 Å². The van der Waals surface area contributed by atoms with Gasteiger partial charge in [0.1, 0.15) is 0 Å². The first-order valence-electron chi connectivity index (χ1n) is 6.98. The predicted molar refractivity (Wildman–Crippen MR) is 64.4 cm³/mol. The molecule has 0 aromatic rings. The normalized spacial score (nSPS) is 40.7. The van der Waals surface area contributed by atoms with Gasteiger partial charge in [0.15, 0.2) is 0 Å². The van der Waals surface area contributed by atoms with Gasteiger partial charge in [0.25, 0.3) is 0 Å². The molecule has 1 saturated heterocycles. The summed E-state index contributed by atoms with van der Waals surface area (Å²) in [6.45, 7) is 2.91. The minimum absolute atomic E-state index is 0.372. The van der Waals surface area contributed by atoms with Crippen molar-refractivity contribution in [3.8, 4) is 0 Å². The molecule has 0 aromatic carbocycles. The van der Waals surface area contributed by atoms with Crippen LogP contribution in [0.3, 0.4) is 0 Å². The molecule has 1 aliphatic heterocycles. The summed E-state index contributed by atoms with van der Waals surface area (Å²) in [5.41, 5.74) is 0. The quantitative estimate of drug-likeness (QED) is 0.747. The highest BCUT2D eigenvalue weighted by atomic mass is 16.3. The van der Waals surface area contributed by atoms with E-state index in [1.807, 2.05) is 0 Å². The van der Waals surface area contributed by atoms with Gasteiger partial charge in [0.2, 0.25) is 0 Å². The van der Waals surface area contributed by atoms with E-state index in [9.17, 15) is 5.11 Å². The first-order valence-corrected chi connectivity index (χ1v) is 6.98. The van der Waals surface area contributed by atoms with E-state index in [1.165, 1.54) is 51.6 Å². The number of nitrogens with one attached hydrogen (secondary N) is 1. The van der Waals surface area contributed by atoms with E-state index in [2.05, 4.69) is 10.2 Å². The summed E-state index contributed by atoms with van der Waals surface area (Å²) in [5.74, 6) is 0.523. The Labute approximate surface area is 98.2 Å². The lowest BCUT2D eigenvalue weighted by Gasteiger charge is -2.24. The standard InChI is InChI=1S/C13H24N2O/c16-9-10-2-1-3-13(10)14-11-6-7-15(8-11)12-4-5-12/h10-14,16H,1-9H2. The molecule has 3 aliphatic rings. The van der Waals surface area contributed by atoms with Gasteiger partial charge in [0.05, 0.1) is 0 Å². The van der Waals surface area contributed by atoms with Crippen LogP contribution in [0.15, 0.2) is 0 Å². The van der Waals surface area contributed by atoms with E-state index in [-0.39, 0.29) is 0 Å². The maximum absolute atomic E-state index is 9.31. The third-order valence-electron chi connectivity index (χ3n) is 4.63. The first kappa shape index (κ1) is 11.0. The highest BCUT2D eigenvalue weighted by molar-refractivity contribution is 4.94. The summed E-state index contributed by atoms with van der Waals surface area (Å²) in [7, 11) is 0. The van der Waals surface area contributed by atoms with Crippen molar-refractivity contribution in [3.63, 3.8) is 0 Å². The van der Waals surface area contributed by atoms with E-state index >= 15 is 0 Å². The molecule has 2 saturated carbocycles. The second-order valence-electron chi connectivity index (χ2n) is 5.86. The Hall–Kier alpha value is -0.120. The number of likely N-dealkylation sites (tertiary alicyclic amines) is 1. The highest BCUT2D eigenvalue weighted by Gasteiger charge is 2.36. The molecule has 2 aliphatic carbocycles. The number of rotatable bonds is 4. The summed E-state index contributed by atoms with van der Waals surface area (Å²) in [6.07, 6.45) is 7.94. The summed E-state index contributed by atoms with van der Waals surface area (Å²) in [4.78, 5) is 2.65. The molecule has 92 valence electrons. The van der Waals surface area contributed by atoms with Crippen molar-refractivity contribution < 1.29 is 5.11 Å². The monoisotopic (exact) mass is 224 g/mol. The highest BCUT2D eigenvalue weighted by Crippen LogP contribution is 2.31. The minimum Gasteiger partial charge on any atom is -0.396 e. The molecular weight excluding hydrogens is 200 g/mol. The minimum atomic E-state index is 0.372. The van der Waals surface area contributed by atoms with Crippen molar-refractivity contribution in [2.45, 2.75) is 56.7 Å². The molecule has 3 unspecified atom stereocenters. The van der Waals surface area contributed by atoms with Crippen molar-refractivity contribution in [2.24, 2.45) is 5.92 Å². The molecule has 0 radical (unpaired) electrons. The lowest BCUT2D eigenvalue weighted by atomic mass is 10.0. The van der Waals surface area contributed by atoms with Gasteiger partial charge < -0.3 is 10.4 Å². The lowest BCUT2D eigenvalue weighted by Crippen LogP contribution is -2.43. The van der Waals surface area contributed by atoms with Crippen LogP contribution in [0.2, 0.25) is 0 Å². The van der Waals surface area contributed by atoms with Crippen LogP contribution in [0.5, 0.6) is 0 Å². The van der Waals surface area contributed by atoms with Crippen molar-refractivity contribution in [1.82, 2.24) is 10.2 Å². The molecule has 0 spiro atoms. The largest absolute Gasteiger partial charge is 0.396 e. The van der Waals surface area contributed by atoms with Crippen LogP contribution >= 0.6 is 0 Å². The molecule has 2 N–H and O–H groups in total. The Morgan fingerprint density at radius 3 is 2.75 bits per heavy atom. The van der Waals surface area contributed by atoms with E-state index in [0.29, 0.717) is 24.6 Å². The second kappa shape index (κ2) is 4.63.